The Kier molecular flexibility index (Phi) is 3.99. The summed E-state index contributed by atoms with van der Waals surface area (Å²) >= 11 is 0. The molecule has 4 nitrogen and oxygen atoms in total. The lowest BCUT2D eigenvalue weighted by Gasteiger charge is -2.46. The first-order valence-corrected chi connectivity index (χ1v) is 7.75. The van der Waals surface area contributed by atoms with Crippen LogP contribution in [0.2, 0.25) is 0 Å². The van der Waals surface area contributed by atoms with Gasteiger partial charge in [0.05, 0.1) is 0 Å². The van der Waals surface area contributed by atoms with Crippen LogP contribution in [0, 0.1) is 11.7 Å². The highest BCUT2D eigenvalue weighted by Crippen LogP contribution is 2.38. The molecule has 1 aliphatic heterocycles. The van der Waals surface area contributed by atoms with E-state index in [1.807, 2.05) is 0 Å². The van der Waals surface area contributed by atoms with E-state index in [-0.39, 0.29) is 11.7 Å². The van der Waals surface area contributed by atoms with E-state index in [9.17, 15) is 4.39 Å². The minimum atomic E-state index is -0.363. The summed E-state index contributed by atoms with van der Waals surface area (Å²) in [5, 5.41) is 12.0. The quantitative estimate of drug-likeness (QED) is 0.381. The third-order valence-corrected chi connectivity index (χ3v) is 4.89. The first-order valence-electron chi connectivity index (χ1n) is 7.75. The molecule has 3 N–H and O–H groups in total. The van der Waals surface area contributed by atoms with Gasteiger partial charge >= 0.3 is 0 Å². The lowest BCUT2D eigenvalue weighted by atomic mass is 9.78. The summed E-state index contributed by atoms with van der Waals surface area (Å²) in [4.78, 5) is 2.35. The van der Waals surface area contributed by atoms with Gasteiger partial charge < -0.3 is 15.8 Å². The van der Waals surface area contributed by atoms with Crippen LogP contribution in [0.4, 0.5) is 10.1 Å². The van der Waals surface area contributed by atoms with Crippen LogP contribution in [0.1, 0.15) is 44.1 Å². The summed E-state index contributed by atoms with van der Waals surface area (Å²) in [6, 6.07) is 5.08. The molecule has 0 bridgehead atoms. The third-order valence-electron chi connectivity index (χ3n) is 4.89. The molecule has 1 aliphatic carbocycles. The first kappa shape index (κ1) is 14.2. The van der Waals surface area contributed by atoms with E-state index >= 15 is 0 Å². The first-order chi connectivity index (χ1) is 10.2. The van der Waals surface area contributed by atoms with Crippen LogP contribution in [0.3, 0.4) is 0 Å². The zero-order valence-corrected chi connectivity index (χ0v) is 12.1. The normalized spacial score (nSPS) is 26.5. The van der Waals surface area contributed by atoms with Gasteiger partial charge in [0.15, 0.2) is 5.84 Å². The molecular weight excluding hydrogens is 269 g/mol. The Balaban J connectivity index is 1.98. The van der Waals surface area contributed by atoms with Gasteiger partial charge in [-0.25, -0.2) is 4.39 Å². The second-order valence-electron chi connectivity index (χ2n) is 6.09. The van der Waals surface area contributed by atoms with Crippen LogP contribution in [-0.4, -0.2) is 23.6 Å². The molecule has 0 amide bonds. The van der Waals surface area contributed by atoms with Crippen LogP contribution < -0.4 is 10.6 Å². The number of nitrogens with two attached hydrogens (primary N) is 1. The van der Waals surface area contributed by atoms with Crippen molar-refractivity contribution in [1.82, 2.24) is 0 Å². The van der Waals surface area contributed by atoms with E-state index in [0.717, 1.165) is 24.6 Å². The molecule has 114 valence electrons. The molecule has 0 spiro atoms. The maximum absolute atomic E-state index is 13.5. The highest BCUT2D eigenvalue weighted by atomic mass is 19.1. The maximum Gasteiger partial charge on any atom is 0.172 e. The van der Waals surface area contributed by atoms with Crippen molar-refractivity contribution < 1.29 is 9.60 Å². The molecule has 1 aromatic carbocycles. The number of hydrogen-bond donors (Lipinski definition) is 2. The SMILES string of the molecule is N/C(=N/O)c1cc(F)ccc1N1CCC[C@H]2CCCC[C@H]21. The van der Waals surface area contributed by atoms with E-state index < -0.39 is 0 Å². The molecular formula is C16H22FN3O. The summed E-state index contributed by atoms with van der Waals surface area (Å²) in [6.45, 7) is 0.957. The maximum atomic E-state index is 13.5. The molecule has 0 unspecified atom stereocenters. The standard InChI is InChI=1S/C16H22FN3O/c17-12-7-8-15(13(10-12)16(18)19-21)20-9-3-5-11-4-1-2-6-14(11)20/h7-8,10-11,14,21H,1-6,9H2,(H2,18,19)/t11-,14-/m1/s1. The summed E-state index contributed by atoms with van der Waals surface area (Å²) in [5.74, 6) is 0.331. The topological polar surface area (TPSA) is 61.9 Å². The Bertz CT molecular complexity index is 544. The van der Waals surface area contributed by atoms with Crippen LogP contribution in [0.5, 0.6) is 0 Å². The van der Waals surface area contributed by atoms with Crippen molar-refractivity contribution in [1.29, 1.82) is 0 Å². The van der Waals surface area contributed by atoms with Crippen LogP contribution in [0.25, 0.3) is 0 Å². The van der Waals surface area contributed by atoms with Crippen molar-refractivity contribution in [3.05, 3.63) is 29.6 Å². The Labute approximate surface area is 124 Å². The van der Waals surface area contributed by atoms with Gasteiger partial charge in [0.1, 0.15) is 5.82 Å². The summed E-state index contributed by atoms with van der Waals surface area (Å²) in [7, 11) is 0. The number of piperidine rings is 1. The average molecular weight is 291 g/mol. The molecule has 1 saturated heterocycles. The summed E-state index contributed by atoms with van der Waals surface area (Å²) in [6.07, 6.45) is 7.44. The fraction of sp³-hybridized carbons (Fsp3) is 0.562. The summed E-state index contributed by atoms with van der Waals surface area (Å²) < 4.78 is 13.5. The fourth-order valence-electron chi connectivity index (χ4n) is 3.94. The molecule has 2 atom stereocenters. The van der Waals surface area contributed by atoms with Crippen LogP contribution in [0.15, 0.2) is 23.4 Å². The Morgan fingerprint density at radius 3 is 2.81 bits per heavy atom. The lowest BCUT2D eigenvalue weighted by molar-refractivity contribution is 0.243. The zero-order chi connectivity index (χ0) is 14.8. The third kappa shape index (κ3) is 2.69. The van der Waals surface area contributed by atoms with E-state index in [4.69, 9.17) is 10.9 Å². The van der Waals surface area contributed by atoms with Gasteiger partial charge in [-0.15, -0.1) is 0 Å². The molecule has 21 heavy (non-hydrogen) atoms. The number of anilines is 1. The van der Waals surface area contributed by atoms with Crippen molar-refractivity contribution in [2.45, 2.75) is 44.6 Å². The molecule has 2 fully saturated rings. The predicted octanol–water partition coefficient (Wildman–Crippen LogP) is 3.08. The van der Waals surface area contributed by atoms with Crippen LogP contribution in [-0.2, 0) is 0 Å². The second kappa shape index (κ2) is 5.92. The summed E-state index contributed by atoms with van der Waals surface area (Å²) in [5.41, 5.74) is 7.13. The van der Waals surface area contributed by atoms with E-state index in [0.29, 0.717) is 11.6 Å². The van der Waals surface area contributed by atoms with E-state index in [2.05, 4.69) is 10.1 Å². The zero-order valence-electron chi connectivity index (χ0n) is 12.1. The van der Waals surface area contributed by atoms with Crippen molar-refractivity contribution in [3.8, 4) is 0 Å². The highest BCUT2D eigenvalue weighted by molar-refractivity contribution is 6.02. The lowest BCUT2D eigenvalue weighted by Crippen LogP contribution is -2.47. The average Bonchev–Trinajstić information content (AvgIpc) is 2.53. The van der Waals surface area contributed by atoms with Gasteiger partial charge in [0, 0.05) is 23.8 Å². The smallest absolute Gasteiger partial charge is 0.172 e. The fourth-order valence-corrected chi connectivity index (χ4v) is 3.94. The number of hydrogen-bond acceptors (Lipinski definition) is 3. The van der Waals surface area contributed by atoms with Gasteiger partial charge in [-0.05, 0) is 49.8 Å². The molecule has 5 heteroatoms. The largest absolute Gasteiger partial charge is 0.409 e. The Hall–Kier alpha value is -1.78. The van der Waals surface area contributed by atoms with Gasteiger partial charge in [-0.1, -0.05) is 18.0 Å². The number of oxime groups is 1. The molecule has 1 heterocycles. The van der Waals surface area contributed by atoms with Crippen molar-refractivity contribution in [3.63, 3.8) is 0 Å². The van der Waals surface area contributed by atoms with Gasteiger partial charge in [0.25, 0.3) is 0 Å². The van der Waals surface area contributed by atoms with Crippen LogP contribution >= 0.6 is 0 Å². The van der Waals surface area contributed by atoms with E-state index in [1.54, 1.807) is 6.07 Å². The number of benzene rings is 1. The molecule has 0 aromatic heterocycles. The minimum Gasteiger partial charge on any atom is -0.409 e. The van der Waals surface area contributed by atoms with Gasteiger partial charge in [-0.3, -0.25) is 0 Å². The molecule has 3 rings (SSSR count). The van der Waals surface area contributed by atoms with Gasteiger partial charge in [0.2, 0.25) is 0 Å². The Morgan fingerprint density at radius 2 is 2.00 bits per heavy atom. The number of halogens is 1. The number of rotatable bonds is 2. The predicted molar refractivity (Wildman–Crippen MR) is 81.2 cm³/mol. The van der Waals surface area contributed by atoms with Crippen molar-refractivity contribution in [2.75, 3.05) is 11.4 Å². The monoisotopic (exact) mass is 291 g/mol. The second-order valence-corrected chi connectivity index (χ2v) is 6.09. The van der Waals surface area contributed by atoms with Crippen molar-refractivity contribution >= 4 is 11.5 Å². The highest BCUT2D eigenvalue weighted by Gasteiger charge is 2.34. The Morgan fingerprint density at radius 1 is 1.24 bits per heavy atom. The number of amidine groups is 1. The van der Waals surface area contributed by atoms with Gasteiger partial charge in [-0.2, -0.15) is 0 Å². The molecule has 0 radical (unpaired) electrons. The molecule has 2 aliphatic rings. The van der Waals surface area contributed by atoms with E-state index in [1.165, 1.54) is 44.2 Å². The molecule has 1 saturated carbocycles. The van der Waals surface area contributed by atoms with Crippen molar-refractivity contribution in [2.24, 2.45) is 16.8 Å². The minimum absolute atomic E-state index is 0.0255. The number of nitrogens with zero attached hydrogens (tertiary/aromatic N) is 2. The number of fused-ring (bicyclic) bond motifs is 1. The molecule has 1 aromatic rings.